The third-order valence-electron chi connectivity index (χ3n) is 6.99. The molecule has 3 aliphatic rings. The normalized spacial score (nSPS) is 27.1. The monoisotopic (exact) mass is 391 g/mol. The molecule has 1 saturated heterocycles. The first kappa shape index (κ1) is 17.4. The lowest BCUT2D eigenvalue weighted by Gasteiger charge is -2.27. The standard InChI is InChI=1S/C27H21NO2/c29-26-24-20-16-21(25(24)27(30)28(26)19-14-8-3-9-15-19)23(18-12-6-2-7-13-18)22(20)17-10-4-1-5-11-17/h1-15,20-21,24-25H,16H2/t20-,21-,24-,25+/m0/s1. The van der Waals surface area contributed by atoms with Crippen molar-refractivity contribution in [3.8, 4) is 0 Å². The van der Waals surface area contributed by atoms with Gasteiger partial charge in [0.05, 0.1) is 17.5 Å². The van der Waals surface area contributed by atoms with Crippen molar-refractivity contribution in [3.05, 3.63) is 102 Å². The Morgan fingerprint density at radius 2 is 0.967 bits per heavy atom. The molecule has 0 N–H and O–H groups in total. The molecule has 146 valence electrons. The van der Waals surface area contributed by atoms with Crippen LogP contribution in [0.4, 0.5) is 5.69 Å². The number of amides is 2. The van der Waals surface area contributed by atoms with Crippen LogP contribution in [-0.4, -0.2) is 11.8 Å². The van der Waals surface area contributed by atoms with Crippen LogP contribution in [0.25, 0.3) is 11.1 Å². The van der Waals surface area contributed by atoms with Crippen molar-refractivity contribution >= 4 is 28.6 Å². The molecule has 4 atom stereocenters. The van der Waals surface area contributed by atoms with Crippen LogP contribution in [0, 0.1) is 23.7 Å². The highest BCUT2D eigenvalue weighted by Gasteiger charge is 2.64. The fourth-order valence-electron chi connectivity index (χ4n) is 5.93. The van der Waals surface area contributed by atoms with Gasteiger partial charge in [-0.2, -0.15) is 0 Å². The van der Waals surface area contributed by atoms with E-state index in [1.165, 1.54) is 27.2 Å². The van der Waals surface area contributed by atoms with Crippen LogP contribution in [0.15, 0.2) is 91.0 Å². The van der Waals surface area contributed by atoms with Crippen molar-refractivity contribution in [2.24, 2.45) is 23.7 Å². The molecule has 30 heavy (non-hydrogen) atoms. The van der Waals surface area contributed by atoms with E-state index in [9.17, 15) is 9.59 Å². The second kappa shape index (κ2) is 6.53. The Kier molecular flexibility index (Phi) is 3.79. The van der Waals surface area contributed by atoms with Crippen molar-refractivity contribution in [2.75, 3.05) is 4.90 Å². The van der Waals surface area contributed by atoms with Crippen LogP contribution >= 0.6 is 0 Å². The highest BCUT2D eigenvalue weighted by Crippen LogP contribution is 2.63. The highest BCUT2D eigenvalue weighted by atomic mass is 16.2. The van der Waals surface area contributed by atoms with Gasteiger partial charge in [-0.1, -0.05) is 78.9 Å². The zero-order valence-corrected chi connectivity index (χ0v) is 16.4. The quantitative estimate of drug-likeness (QED) is 0.586. The number of nitrogens with zero attached hydrogens (tertiary/aromatic N) is 1. The second-order valence-corrected chi connectivity index (χ2v) is 8.41. The number of carbonyl (C=O) groups excluding carboxylic acids is 2. The molecule has 3 heteroatoms. The molecule has 1 aliphatic heterocycles. The molecule has 0 spiro atoms. The molecule has 3 aromatic rings. The molecule has 3 aromatic carbocycles. The minimum absolute atomic E-state index is 0.0377. The molecule has 2 bridgehead atoms. The average Bonchev–Trinajstić information content (AvgIpc) is 3.45. The van der Waals surface area contributed by atoms with Crippen molar-refractivity contribution in [1.82, 2.24) is 0 Å². The minimum Gasteiger partial charge on any atom is -0.274 e. The summed E-state index contributed by atoms with van der Waals surface area (Å²) in [7, 11) is 0. The van der Waals surface area contributed by atoms with E-state index in [-0.39, 0.29) is 35.5 Å². The Balaban J connectivity index is 1.51. The largest absolute Gasteiger partial charge is 0.274 e. The van der Waals surface area contributed by atoms with Gasteiger partial charge in [-0.3, -0.25) is 14.5 Å². The number of hydrogen-bond donors (Lipinski definition) is 0. The average molecular weight is 391 g/mol. The third-order valence-corrected chi connectivity index (χ3v) is 6.99. The summed E-state index contributed by atoms with van der Waals surface area (Å²) in [6.45, 7) is 0. The summed E-state index contributed by atoms with van der Waals surface area (Å²) in [5.41, 5.74) is 5.53. The first-order valence-corrected chi connectivity index (χ1v) is 10.5. The van der Waals surface area contributed by atoms with E-state index in [1.54, 1.807) is 0 Å². The van der Waals surface area contributed by atoms with Crippen LogP contribution in [0.2, 0.25) is 0 Å². The topological polar surface area (TPSA) is 37.4 Å². The Morgan fingerprint density at radius 1 is 0.567 bits per heavy atom. The molecule has 6 rings (SSSR count). The van der Waals surface area contributed by atoms with Crippen LogP contribution in [0.3, 0.4) is 0 Å². The van der Waals surface area contributed by atoms with E-state index in [2.05, 4.69) is 24.3 Å². The number of rotatable bonds is 3. The van der Waals surface area contributed by atoms with Gasteiger partial charge in [-0.25, -0.2) is 0 Å². The lowest BCUT2D eigenvalue weighted by atomic mass is 9.73. The Morgan fingerprint density at radius 3 is 1.40 bits per heavy atom. The lowest BCUT2D eigenvalue weighted by molar-refractivity contribution is -0.123. The fraction of sp³-hybridized carbons (Fsp3) is 0.185. The highest BCUT2D eigenvalue weighted by molar-refractivity contribution is 6.24. The van der Waals surface area contributed by atoms with Gasteiger partial charge in [0.1, 0.15) is 0 Å². The zero-order valence-electron chi connectivity index (χ0n) is 16.4. The molecular weight excluding hydrogens is 370 g/mol. The predicted octanol–water partition coefficient (Wildman–Crippen LogP) is 5.05. The molecular formula is C27H21NO2. The van der Waals surface area contributed by atoms with Gasteiger partial charge in [0.2, 0.25) is 11.8 Å². The number of anilines is 1. The summed E-state index contributed by atoms with van der Waals surface area (Å²) in [4.78, 5) is 28.4. The number of allylic oxidation sites excluding steroid dienone is 2. The van der Waals surface area contributed by atoms with Gasteiger partial charge in [0.25, 0.3) is 0 Å². The summed E-state index contributed by atoms with van der Waals surface area (Å²) in [5.74, 6) is -0.422. The maximum atomic E-state index is 13.5. The minimum atomic E-state index is -0.259. The number of fused-ring (bicyclic) bond motifs is 5. The molecule has 2 fully saturated rings. The van der Waals surface area contributed by atoms with Crippen LogP contribution < -0.4 is 4.90 Å². The third kappa shape index (κ3) is 2.32. The van der Waals surface area contributed by atoms with Gasteiger partial charge in [-0.05, 0) is 52.7 Å². The number of carbonyl (C=O) groups is 2. The molecule has 0 radical (unpaired) electrons. The summed E-state index contributed by atoms with van der Waals surface area (Å²) in [5, 5.41) is 0. The molecule has 2 aliphatic carbocycles. The Bertz CT molecular complexity index is 1090. The first-order chi connectivity index (χ1) is 14.8. The second-order valence-electron chi connectivity index (χ2n) is 8.41. The Hall–Kier alpha value is -3.46. The number of hydrogen-bond acceptors (Lipinski definition) is 2. The van der Waals surface area contributed by atoms with Crippen LogP contribution in [0.1, 0.15) is 17.5 Å². The van der Waals surface area contributed by atoms with Crippen molar-refractivity contribution in [1.29, 1.82) is 0 Å². The Labute approximate surface area is 175 Å². The summed E-state index contributed by atoms with van der Waals surface area (Å²) < 4.78 is 0. The van der Waals surface area contributed by atoms with Crippen LogP contribution in [-0.2, 0) is 9.59 Å². The van der Waals surface area contributed by atoms with Crippen LogP contribution in [0.5, 0.6) is 0 Å². The van der Waals surface area contributed by atoms with E-state index in [1.807, 2.05) is 66.7 Å². The molecule has 2 amide bonds. The van der Waals surface area contributed by atoms with E-state index in [0.29, 0.717) is 5.69 Å². The lowest BCUT2D eigenvalue weighted by Crippen LogP contribution is -2.32. The molecule has 0 aromatic heterocycles. The molecule has 1 heterocycles. The summed E-state index contributed by atoms with van der Waals surface area (Å²) in [6.07, 6.45) is 0.879. The molecule has 1 saturated carbocycles. The number of para-hydroxylation sites is 1. The summed E-state index contributed by atoms with van der Waals surface area (Å²) in [6, 6.07) is 30.1. The van der Waals surface area contributed by atoms with Gasteiger partial charge in [0.15, 0.2) is 0 Å². The zero-order chi connectivity index (χ0) is 20.2. The number of benzene rings is 3. The first-order valence-electron chi connectivity index (χ1n) is 10.5. The van der Waals surface area contributed by atoms with E-state index >= 15 is 0 Å². The summed E-state index contributed by atoms with van der Waals surface area (Å²) >= 11 is 0. The van der Waals surface area contributed by atoms with Gasteiger partial charge >= 0.3 is 0 Å². The van der Waals surface area contributed by atoms with E-state index in [0.717, 1.165) is 6.42 Å². The van der Waals surface area contributed by atoms with Crippen molar-refractivity contribution < 1.29 is 9.59 Å². The van der Waals surface area contributed by atoms with Crippen molar-refractivity contribution in [2.45, 2.75) is 6.42 Å². The van der Waals surface area contributed by atoms with E-state index < -0.39 is 0 Å². The predicted molar refractivity (Wildman–Crippen MR) is 117 cm³/mol. The van der Waals surface area contributed by atoms with Gasteiger partial charge in [-0.15, -0.1) is 0 Å². The van der Waals surface area contributed by atoms with Crippen molar-refractivity contribution in [3.63, 3.8) is 0 Å². The number of imide groups is 1. The van der Waals surface area contributed by atoms with Gasteiger partial charge < -0.3 is 0 Å². The maximum absolute atomic E-state index is 13.5. The maximum Gasteiger partial charge on any atom is 0.238 e. The molecule has 3 nitrogen and oxygen atoms in total. The SMILES string of the molecule is O=C1[C@@H]2[C@H](C(=O)N1c1ccccc1)[C@H]1C[C@H]2C(c2ccccc2)=C1c1ccccc1. The van der Waals surface area contributed by atoms with E-state index in [4.69, 9.17) is 0 Å². The molecule has 0 unspecified atom stereocenters. The fourth-order valence-corrected chi connectivity index (χ4v) is 5.93. The van der Waals surface area contributed by atoms with Gasteiger partial charge in [0, 0.05) is 0 Å². The smallest absolute Gasteiger partial charge is 0.238 e.